The van der Waals surface area contributed by atoms with Crippen LogP contribution in [0.3, 0.4) is 0 Å². The number of Topliss-reactive ketones (excluding diaryl/α,β-unsaturated/α-hetero) is 1. The molecule has 0 spiro atoms. The van der Waals surface area contributed by atoms with Crippen LogP contribution in [0.1, 0.15) is 12.1 Å². The first-order chi connectivity index (χ1) is 8.54. The first-order valence-corrected chi connectivity index (χ1v) is 5.73. The van der Waals surface area contributed by atoms with Gasteiger partial charge in [0.25, 0.3) is 0 Å². The van der Waals surface area contributed by atoms with Crippen molar-refractivity contribution < 1.29 is 19.4 Å². The van der Waals surface area contributed by atoms with Crippen molar-refractivity contribution in [2.24, 2.45) is 5.41 Å². The second-order valence-electron chi connectivity index (χ2n) is 4.12. The Hall–Kier alpha value is -1.53. The lowest BCUT2D eigenvalue weighted by Crippen LogP contribution is -2.48. The summed E-state index contributed by atoms with van der Waals surface area (Å²) < 4.78 is 5.14. The molecule has 7 heteroatoms. The van der Waals surface area contributed by atoms with Crippen molar-refractivity contribution in [1.82, 2.24) is 9.97 Å². The fraction of sp³-hybridized carbons (Fsp3) is 0.455. The molecule has 0 radical (unpaired) electrons. The summed E-state index contributed by atoms with van der Waals surface area (Å²) in [5.41, 5.74) is -1.15. The van der Waals surface area contributed by atoms with Gasteiger partial charge in [-0.15, -0.1) is 0 Å². The zero-order valence-corrected chi connectivity index (χ0v) is 10.2. The number of aliphatic carboxylic acids is 1. The summed E-state index contributed by atoms with van der Waals surface area (Å²) in [5, 5.41) is 9.52. The van der Waals surface area contributed by atoms with E-state index in [0.717, 1.165) is 0 Å². The predicted molar refractivity (Wildman–Crippen MR) is 61.3 cm³/mol. The van der Waals surface area contributed by atoms with E-state index in [2.05, 4.69) is 9.97 Å². The summed E-state index contributed by atoms with van der Waals surface area (Å²) in [6, 6.07) is 0. The number of aromatic nitrogens is 2. The Bertz CT molecular complexity index is 476. The molecule has 18 heavy (non-hydrogen) atoms. The minimum absolute atomic E-state index is 0.0364. The Labute approximate surface area is 108 Å². The van der Waals surface area contributed by atoms with E-state index in [4.69, 9.17) is 16.3 Å². The fourth-order valence-corrected chi connectivity index (χ4v) is 1.97. The summed E-state index contributed by atoms with van der Waals surface area (Å²) in [6.45, 7) is 0.131. The molecule has 1 saturated heterocycles. The second kappa shape index (κ2) is 4.99. The third-order valence-electron chi connectivity index (χ3n) is 2.92. The number of ether oxygens (including phenoxy) is 1. The number of carboxylic acid groups (broad SMARTS) is 1. The average Bonchev–Trinajstić information content (AvgIpc) is 2.35. The number of hydrogen-bond acceptors (Lipinski definition) is 5. The summed E-state index contributed by atoms with van der Waals surface area (Å²) >= 11 is 5.60. The van der Waals surface area contributed by atoms with Crippen LogP contribution in [0.25, 0.3) is 0 Å². The van der Waals surface area contributed by atoms with Crippen molar-refractivity contribution in [3.8, 4) is 0 Å². The Morgan fingerprint density at radius 3 is 2.83 bits per heavy atom. The van der Waals surface area contributed by atoms with Gasteiger partial charge < -0.3 is 9.84 Å². The van der Waals surface area contributed by atoms with Crippen LogP contribution in [0.5, 0.6) is 0 Å². The third kappa shape index (κ3) is 2.34. The van der Waals surface area contributed by atoms with E-state index >= 15 is 0 Å². The minimum atomic E-state index is -1.55. The molecule has 1 aliphatic heterocycles. The first kappa shape index (κ1) is 12.9. The molecule has 0 aromatic carbocycles. The van der Waals surface area contributed by atoms with Crippen LogP contribution in [0, 0.1) is 5.41 Å². The Kier molecular flexibility index (Phi) is 3.58. The van der Waals surface area contributed by atoms with Crippen LogP contribution < -0.4 is 0 Å². The van der Waals surface area contributed by atoms with Gasteiger partial charge in [-0.3, -0.25) is 14.6 Å². The predicted octanol–water partition coefficient (Wildman–Crippen LogP) is 0.733. The third-order valence-corrected chi connectivity index (χ3v) is 3.12. The van der Waals surface area contributed by atoms with E-state index < -0.39 is 11.4 Å². The van der Waals surface area contributed by atoms with Gasteiger partial charge in [-0.2, -0.15) is 0 Å². The molecular formula is C11H11ClN2O4. The maximum absolute atomic E-state index is 11.9. The number of ketones is 1. The first-order valence-electron chi connectivity index (χ1n) is 5.35. The van der Waals surface area contributed by atoms with Crippen molar-refractivity contribution in [1.29, 1.82) is 0 Å². The van der Waals surface area contributed by atoms with E-state index in [1.807, 2.05) is 0 Å². The largest absolute Gasteiger partial charge is 0.480 e. The fourth-order valence-electron chi connectivity index (χ4n) is 1.88. The van der Waals surface area contributed by atoms with Gasteiger partial charge in [0.2, 0.25) is 0 Å². The lowest BCUT2D eigenvalue weighted by Gasteiger charge is -2.31. The molecule has 1 unspecified atom stereocenters. The van der Waals surface area contributed by atoms with Gasteiger partial charge in [-0.25, -0.2) is 4.98 Å². The maximum atomic E-state index is 11.9. The van der Waals surface area contributed by atoms with E-state index in [-0.39, 0.29) is 37.0 Å². The highest BCUT2D eigenvalue weighted by Crippen LogP contribution is 2.29. The normalized spacial score (nSPS) is 23.9. The molecule has 96 valence electrons. The zero-order valence-electron chi connectivity index (χ0n) is 9.43. The van der Waals surface area contributed by atoms with Crippen LogP contribution in [-0.2, 0) is 20.7 Å². The van der Waals surface area contributed by atoms with Crippen molar-refractivity contribution >= 4 is 23.4 Å². The molecule has 0 saturated carbocycles. The average molecular weight is 271 g/mol. The monoisotopic (exact) mass is 270 g/mol. The Morgan fingerprint density at radius 1 is 1.50 bits per heavy atom. The van der Waals surface area contributed by atoms with Gasteiger partial charge in [0.1, 0.15) is 5.15 Å². The van der Waals surface area contributed by atoms with Gasteiger partial charge in [0.15, 0.2) is 11.2 Å². The number of carbonyl (C=O) groups excluding carboxylic acids is 1. The lowest BCUT2D eigenvalue weighted by atomic mass is 9.77. The van der Waals surface area contributed by atoms with Crippen molar-refractivity contribution in [3.05, 3.63) is 23.2 Å². The van der Waals surface area contributed by atoms with E-state index in [9.17, 15) is 14.7 Å². The second-order valence-corrected chi connectivity index (χ2v) is 4.51. The molecule has 2 heterocycles. The van der Waals surface area contributed by atoms with E-state index in [1.54, 1.807) is 0 Å². The summed E-state index contributed by atoms with van der Waals surface area (Å²) in [7, 11) is 0. The van der Waals surface area contributed by atoms with E-state index in [0.29, 0.717) is 5.69 Å². The van der Waals surface area contributed by atoms with Crippen LogP contribution in [-0.4, -0.2) is 40.0 Å². The smallest absolute Gasteiger partial charge is 0.319 e. The number of hydrogen-bond donors (Lipinski definition) is 1. The highest BCUT2D eigenvalue weighted by atomic mass is 35.5. The highest BCUT2D eigenvalue weighted by Gasteiger charge is 2.48. The molecule has 6 nitrogen and oxygen atoms in total. The van der Waals surface area contributed by atoms with Gasteiger partial charge in [0, 0.05) is 12.8 Å². The number of halogens is 1. The molecule has 1 aromatic heterocycles. The SMILES string of the molecule is O=C(O)C1(Cc2cnc(Cl)cn2)COCCC1=O. The van der Waals surface area contributed by atoms with Crippen molar-refractivity contribution in [2.75, 3.05) is 13.2 Å². The summed E-state index contributed by atoms with van der Waals surface area (Å²) in [4.78, 5) is 31.1. The van der Waals surface area contributed by atoms with Crippen LogP contribution >= 0.6 is 11.6 Å². The highest BCUT2D eigenvalue weighted by molar-refractivity contribution is 6.29. The van der Waals surface area contributed by atoms with Crippen LogP contribution in [0.4, 0.5) is 0 Å². The summed E-state index contributed by atoms with van der Waals surface area (Å²) in [6.07, 6.45) is 2.76. The molecule has 2 rings (SSSR count). The van der Waals surface area contributed by atoms with Crippen molar-refractivity contribution in [3.63, 3.8) is 0 Å². The molecule has 1 N–H and O–H groups in total. The zero-order chi connectivity index (χ0) is 13.2. The molecule has 0 aliphatic carbocycles. The molecular weight excluding hydrogens is 260 g/mol. The number of nitrogens with zero attached hydrogens (tertiary/aromatic N) is 2. The lowest BCUT2D eigenvalue weighted by molar-refractivity contribution is -0.164. The molecule has 1 fully saturated rings. The number of carbonyl (C=O) groups is 2. The molecule has 0 bridgehead atoms. The van der Waals surface area contributed by atoms with E-state index in [1.165, 1.54) is 12.4 Å². The minimum Gasteiger partial charge on any atom is -0.480 e. The molecule has 1 aromatic rings. The van der Waals surface area contributed by atoms with Crippen LogP contribution in [0.15, 0.2) is 12.4 Å². The molecule has 0 amide bonds. The van der Waals surface area contributed by atoms with Gasteiger partial charge in [0.05, 0.1) is 31.3 Å². The topological polar surface area (TPSA) is 89.4 Å². The van der Waals surface area contributed by atoms with Gasteiger partial charge in [-0.05, 0) is 0 Å². The Morgan fingerprint density at radius 2 is 2.28 bits per heavy atom. The maximum Gasteiger partial charge on any atom is 0.319 e. The van der Waals surface area contributed by atoms with Gasteiger partial charge >= 0.3 is 5.97 Å². The number of rotatable bonds is 3. The Balaban J connectivity index is 2.28. The van der Waals surface area contributed by atoms with Crippen molar-refractivity contribution in [2.45, 2.75) is 12.8 Å². The molecule has 1 atom stereocenters. The summed E-state index contributed by atoms with van der Waals surface area (Å²) in [5.74, 6) is -1.53. The molecule has 1 aliphatic rings. The van der Waals surface area contributed by atoms with Crippen LogP contribution in [0.2, 0.25) is 5.15 Å². The standard InChI is InChI=1S/C11H11ClN2O4/c12-9-5-13-7(4-14-9)3-11(10(16)17)6-18-2-1-8(11)15/h4-5H,1-3,6H2,(H,16,17). The number of carboxylic acids is 1. The van der Waals surface area contributed by atoms with Gasteiger partial charge in [-0.1, -0.05) is 11.6 Å². The quantitative estimate of drug-likeness (QED) is 0.815.